The maximum atomic E-state index is 9.26. The lowest BCUT2D eigenvalue weighted by molar-refractivity contribution is 0.281. The molecule has 0 fully saturated rings. The lowest BCUT2D eigenvalue weighted by atomic mass is 9.99. The lowest BCUT2D eigenvalue weighted by Gasteiger charge is -2.14. The van der Waals surface area contributed by atoms with Crippen LogP contribution in [0.15, 0.2) is 18.5 Å². The summed E-state index contributed by atoms with van der Waals surface area (Å²) in [5.41, 5.74) is 7.13. The third-order valence-corrected chi connectivity index (χ3v) is 4.25. The van der Waals surface area contributed by atoms with Crippen LogP contribution < -0.4 is 5.32 Å². The van der Waals surface area contributed by atoms with Crippen LogP contribution in [0.1, 0.15) is 39.9 Å². The van der Waals surface area contributed by atoms with Crippen molar-refractivity contribution >= 4 is 5.82 Å². The molecule has 0 saturated carbocycles. The first-order valence-electron chi connectivity index (χ1n) is 7.45. The van der Waals surface area contributed by atoms with Crippen LogP contribution in [0.2, 0.25) is 0 Å². The summed E-state index contributed by atoms with van der Waals surface area (Å²) in [6.07, 6.45) is 4.96. The molecule has 1 aliphatic carbocycles. The number of aryl methyl sites for hydroxylation is 3. The standard InChI is InChI=1S/C17H21N3O/c1-11-6-13(9-21)7-12(2)15(11)8-18-17-14-4-3-5-16(14)19-10-20-17/h6-7,10,21H,3-5,8-9H2,1-2H3,(H,18,19,20). The van der Waals surface area contributed by atoms with Gasteiger partial charge in [-0.2, -0.15) is 0 Å². The van der Waals surface area contributed by atoms with Gasteiger partial charge < -0.3 is 10.4 Å². The Morgan fingerprint density at radius 3 is 2.62 bits per heavy atom. The molecule has 0 radical (unpaired) electrons. The summed E-state index contributed by atoms with van der Waals surface area (Å²) < 4.78 is 0. The van der Waals surface area contributed by atoms with E-state index in [1.165, 1.54) is 34.4 Å². The van der Waals surface area contributed by atoms with E-state index in [9.17, 15) is 5.11 Å². The number of nitrogens with zero attached hydrogens (tertiary/aromatic N) is 2. The molecule has 110 valence electrons. The summed E-state index contributed by atoms with van der Waals surface area (Å²) in [6.45, 7) is 5.03. The molecule has 2 aromatic rings. The first-order chi connectivity index (χ1) is 10.2. The number of hydrogen-bond donors (Lipinski definition) is 2. The van der Waals surface area contributed by atoms with Crippen LogP contribution in [0.3, 0.4) is 0 Å². The zero-order chi connectivity index (χ0) is 14.8. The Kier molecular flexibility index (Phi) is 3.88. The van der Waals surface area contributed by atoms with Crippen LogP contribution in [0.5, 0.6) is 0 Å². The van der Waals surface area contributed by atoms with Crippen LogP contribution in [-0.4, -0.2) is 15.1 Å². The first kappa shape index (κ1) is 14.0. The molecule has 0 saturated heterocycles. The largest absolute Gasteiger partial charge is 0.392 e. The summed E-state index contributed by atoms with van der Waals surface area (Å²) in [5.74, 6) is 0.975. The summed E-state index contributed by atoms with van der Waals surface area (Å²) in [5, 5.41) is 12.7. The van der Waals surface area contributed by atoms with E-state index in [4.69, 9.17) is 0 Å². The molecule has 1 aromatic heterocycles. The Morgan fingerprint density at radius 2 is 1.90 bits per heavy atom. The van der Waals surface area contributed by atoms with Crippen molar-refractivity contribution in [3.63, 3.8) is 0 Å². The highest BCUT2D eigenvalue weighted by molar-refractivity contribution is 5.49. The van der Waals surface area contributed by atoms with Crippen LogP contribution in [0.25, 0.3) is 0 Å². The van der Waals surface area contributed by atoms with Crippen LogP contribution in [0, 0.1) is 13.8 Å². The van der Waals surface area contributed by atoms with E-state index in [0.717, 1.165) is 30.8 Å². The molecule has 1 aromatic carbocycles. The second-order valence-corrected chi connectivity index (χ2v) is 5.72. The Morgan fingerprint density at radius 1 is 1.14 bits per heavy atom. The Balaban J connectivity index is 1.81. The molecule has 1 heterocycles. The fraction of sp³-hybridized carbons (Fsp3) is 0.412. The summed E-state index contributed by atoms with van der Waals surface area (Å²) in [4.78, 5) is 8.75. The number of fused-ring (bicyclic) bond motifs is 1. The molecule has 0 atom stereocenters. The highest BCUT2D eigenvalue weighted by Crippen LogP contribution is 2.26. The number of nitrogens with one attached hydrogen (secondary N) is 1. The molecule has 0 amide bonds. The van der Waals surface area contributed by atoms with Gasteiger partial charge in [0.1, 0.15) is 12.1 Å². The van der Waals surface area contributed by atoms with E-state index < -0.39 is 0 Å². The van der Waals surface area contributed by atoms with Crippen molar-refractivity contribution in [3.05, 3.63) is 52.0 Å². The molecule has 4 heteroatoms. The Hall–Kier alpha value is -1.94. The zero-order valence-electron chi connectivity index (χ0n) is 12.6. The van der Waals surface area contributed by atoms with E-state index in [1.807, 2.05) is 0 Å². The van der Waals surface area contributed by atoms with Gasteiger partial charge >= 0.3 is 0 Å². The van der Waals surface area contributed by atoms with Gasteiger partial charge in [0.25, 0.3) is 0 Å². The molecule has 21 heavy (non-hydrogen) atoms. The van der Waals surface area contributed by atoms with Crippen molar-refractivity contribution in [1.82, 2.24) is 9.97 Å². The average molecular weight is 283 g/mol. The fourth-order valence-corrected chi connectivity index (χ4v) is 3.14. The summed E-state index contributed by atoms with van der Waals surface area (Å²) >= 11 is 0. The lowest BCUT2D eigenvalue weighted by Crippen LogP contribution is -2.08. The maximum Gasteiger partial charge on any atom is 0.133 e. The number of hydrogen-bond acceptors (Lipinski definition) is 4. The van der Waals surface area contributed by atoms with Gasteiger partial charge in [-0.15, -0.1) is 0 Å². The van der Waals surface area contributed by atoms with Crippen molar-refractivity contribution in [2.24, 2.45) is 0 Å². The molecule has 0 spiro atoms. The normalized spacial score (nSPS) is 13.3. The molecule has 4 nitrogen and oxygen atoms in total. The molecule has 0 bridgehead atoms. The number of anilines is 1. The molecular formula is C17H21N3O. The van der Waals surface area contributed by atoms with E-state index in [1.54, 1.807) is 6.33 Å². The number of aliphatic hydroxyl groups is 1. The van der Waals surface area contributed by atoms with Crippen molar-refractivity contribution in [2.75, 3.05) is 5.32 Å². The fourth-order valence-electron chi connectivity index (χ4n) is 3.14. The smallest absolute Gasteiger partial charge is 0.133 e. The van der Waals surface area contributed by atoms with Crippen molar-refractivity contribution in [3.8, 4) is 0 Å². The summed E-state index contributed by atoms with van der Waals surface area (Å²) in [6, 6.07) is 4.10. The quantitative estimate of drug-likeness (QED) is 0.906. The molecule has 0 aliphatic heterocycles. The highest BCUT2D eigenvalue weighted by Gasteiger charge is 2.17. The minimum absolute atomic E-state index is 0.0921. The third-order valence-electron chi connectivity index (χ3n) is 4.25. The third kappa shape index (κ3) is 2.76. The predicted octanol–water partition coefficient (Wildman–Crippen LogP) is 2.69. The average Bonchev–Trinajstić information content (AvgIpc) is 2.95. The van der Waals surface area contributed by atoms with Crippen molar-refractivity contribution in [1.29, 1.82) is 0 Å². The second-order valence-electron chi connectivity index (χ2n) is 5.72. The SMILES string of the molecule is Cc1cc(CO)cc(C)c1CNc1ncnc2c1CCC2. The topological polar surface area (TPSA) is 58.0 Å². The monoisotopic (exact) mass is 283 g/mol. The van der Waals surface area contributed by atoms with E-state index in [2.05, 4.69) is 41.3 Å². The van der Waals surface area contributed by atoms with Gasteiger partial charge in [0.2, 0.25) is 0 Å². The van der Waals surface area contributed by atoms with Gasteiger partial charge in [0, 0.05) is 17.8 Å². The number of aliphatic hydroxyl groups excluding tert-OH is 1. The Labute approximate surface area is 125 Å². The van der Waals surface area contributed by atoms with Crippen LogP contribution >= 0.6 is 0 Å². The second kappa shape index (κ2) is 5.82. The molecule has 0 unspecified atom stereocenters. The number of rotatable bonds is 4. The summed E-state index contributed by atoms with van der Waals surface area (Å²) in [7, 11) is 0. The highest BCUT2D eigenvalue weighted by atomic mass is 16.3. The molecule has 2 N–H and O–H groups in total. The molecular weight excluding hydrogens is 262 g/mol. The van der Waals surface area contributed by atoms with Crippen molar-refractivity contribution < 1.29 is 5.11 Å². The molecule has 1 aliphatic rings. The zero-order valence-corrected chi connectivity index (χ0v) is 12.6. The van der Waals surface area contributed by atoms with Gasteiger partial charge in [-0.3, -0.25) is 0 Å². The minimum Gasteiger partial charge on any atom is -0.392 e. The van der Waals surface area contributed by atoms with Crippen LogP contribution in [-0.2, 0) is 26.0 Å². The predicted molar refractivity (Wildman–Crippen MR) is 83.2 cm³/mol. The van der Waals surface area contributed by atoms with E-state index in [0.29, 0.717) is 0 Å². The van der Waals surface area contributed by atoms with Gasteiger partial charge in [0.15, 0.2) is 0 Å². The van der Waals surface area contributed by atoms with E-state index in [-0.39, 0.29) is 6.61 Å². The number of aromatic nitrogens is 2. The van der Waals surface area contributed by atoms with Crippen LogP contribution in [0.4, 0.5) is 5.82 Å². The van der Waals surface area contributed by atoms with Gasteiger partial charge in [-0.1, -0.05) is 12.1 Å². The first-order valence-corrected chi connectivity index (χ1v) is 7.45. The Bertz CT molecular complexity index is 644. The maximum absolute atomic E-state index is 9.26. The van der Waals surface area contributed by atoms with Gasteiger partial charge in [0.05, 0.1) is 6.61 Å². The van der Waals surface area contributed by atoms with Gasteiger partial charge in [-0.25, -0.2) is 9.97 Å². The van der Waals surface area contributed by atoms with Crippen molar-refractivity contribution in [2.45, 2.75) is 46.3 Å². The number of benzene rings is 1. The molecule has 3 rings (SSSR count). The minimum atomic E-state index is 0.0921. The van der Waals surface area contributed by atoms with Gasteiger partial charge in [-0.05, 0) is 55.4 Å². The van der Waals surface area contributed by atoms with E-state index >= 15 is 0 Å².